The molecule has 31 heavy (non-hydrogen) atoms. The Morgan fingerprint density at radius 1 is 1.42 bits per heavy atom. The zero-order valence-corrected chi connectivity index (χ0v) is 15.9. The van der Waals surface area contributed by atoms with Gasteiger partial charge in [0, 0.05) is 12.8 Å². The smallest absolute Gasteiger partial charge is 0.380 e. The molecule has 1 saturated carbocycles. The average molecular weight is 466 g/mol. The maximum atomic E-state index is 14.1. The van der Waals surface area contributed by atoms with E-state index in [1.807, 2.05) is 0 Å². The molecule has 2 heterocycles. The molecule has 11 nitrogen and oxygen atoms in total. The van der Waals surface area contributed by atoms with E-state index in [0.29, 0.717) is 23.4 Å². The second-order valence-electron chi connectivity index (χ2n) is 6.50. The summed E-state index contributed by atoms with van der Waals surface area (Å²) in [4.78, 5) is 16.0. The Morgan fingerprint density at radius 2 is 2.06 bits per heavy atom. The molecule has 1 fully saturated rings. The number of hydrogen-bond donors (Lipinski definition) is 3. The highest BCUT2D eigenvalue weighted by molar-refractivity contribution is 7.81. The minimum atomic E-state index is -5.21. The van der Waals surface area contributed by atoms with Gasteiger partial charge in [-0.05, 0) is 12.5 Å². The van der Waals surface area contributed by atoms with Gasteiger partial charge in [-0.15, -0.1) is 0 Å². The Balaban J connectivity index is 1.97. The van der Waals surface area contributed by atoms with E-state index >= 15 is 0 Å². The topological polar surface area (TPSA) is 158 Å². The molecule has 0 saturated heterocycles. The van der Waals surface area contributed by atoms with Crippen LogP contribution in [0.1, 0.15) is 30.5 Å². The SMILES string of the molecule is N#Cc1ncc(NC(=O)C2([n+]3cc(F)c(OS(=O)(=O)O)n3O)CCC2)cc1C(F)(F)F. The van der Waals surface area contributed by atoms with E-state index in [4.69, 9.17) is 9.81 Å². The van der Waals surface area contributed by atoms with Crippen molar-refractivity contribution in [1.29, 1.82) is 5.26 Å². The minimum Gasteiger partial charge on any atom is -0.380 e. The van der Waals surface area contributed by atoms with Gasteiger partial charge in [0.25, 0.3) is 17.3 Å². The molecule has 0 aromatic carbocycles. The number of nitrogens with zero attached hydrogens (tertiary/aromatic N) is 4. The summed E-state index contributed by atoms with van der Waals surface area (Å²) < 4.78 is 88.2. The lowest BCUT2D eigenvalue weighted by molar-refractivity contribution is -0.851. The van der Waals surface area contributed by atoms with Crippen LogP contribution in [0.15, 0.2) is 18.5 Å². The van der Waals surface area contributed by atoms with Crippen molar-refractivity contribution in [3.8, 4) is 11.9 Å². The van der Waals surface area contributed by atoms with Gasteiger partial charge in [0.05, 0.1) is 22.3 Å². The van der Waals surface area contributed by atoms with Crippen LogP contribution in [0.4, 0.5) is 23.2 Å². The van der Waals surface area contributed by atoms with Crippen LogP contribution < -0.4 is 14.2 Å². The maximum Gasteiger partial charge on any atom is 0.448 e. The van der Waals surface area contributed by atoms with Crippen molar-refractivity contribution in [2.24, 2.45) is 0 Å². The predicted molar refractivity (Wildman–Crippen MR) is 88.4 cm³/mol. The van der Waals surface area contributed by atoms with Crippen molar-refractivity contribution in [2.45, 2.75) is 31.0 Å². The summed E-state index contributed by atoms with van der Waals surface area (Å²) in [6.07, 6.45) is -3.19. The molecular formula is C15H12F4N5O6S+. The van der Waals surface area contributed by atoms with Crippen LogP contribution in [-0.2, 0) is 26.9 Å². The van der Waals surface area contributed by atoms with Crippen molar-refractivity contribution in [2.75, 3.05) is 5.32 Å². The fourth-order valence-corrected chi connectivity index (χ4v) is 3.39. The Kier molecular flexibility index (Phi) is 5.28. The second kappa shape index (κ2) is 7.35. The average Bonchev–Trinajstić information content (AvgIpc) is 2.87. The first-order valence-corrected chi connectivity index (χ1v) is 9.63. The predicted octanol–water partition coefficient (Wildman–Crippen LogP) is 1.14. The minimum absolute atomic E-state index is 0.00529. The third-order valence-electron chi connectivity index (χ3n) is 4.61. The standard InChI is InChI=1S/C15H11F4N5O6S/c16-10-7-23(24(26)12(10)30-31(27,28)29)14(2-1-3-14)13(25)22-8-4-9(15(17,18)19)11(5-20)21-6-8/h4,6-7H,1-3H2,(H2-,22,25,26,27,28,29)/p+1. The van der Waals surface area contributed by atoms with Gasteiger partial charge >= 0.3 is 22.5 Å². The van der Waals surface area contributed by atoms with E-state index < -0.39 is 56.7 Å². The number of carbonyl (C=O) groups is 1. The summed E-state index contributed by atoms with van der Waals surface area (Å²) in [7, 11) is -5.21. The number of nitrogens with one attached hydrogen (secondary N) is 1. The number of anilines is 1. The lowest BCUT2D eigenvalue weighted by Gasteiger charge is -2.32. The van der Waals surface area contributed by atoms with Crippen molar-refractivity contribution < 1.29 is 49.4 Å². The Bertz CT molecular complexity index is 1200. The summed E-state index contributed by atoms with van der Waals surface area (Å²) in [5, 5.41) is 21.0. The number of rotatable bonds is 5. The number of hydrogen-bond acceptors (Lipinski definition) is 7. The molecule has 1 aliphatic rings. The van der Waals surface area contributed by atoms with Crippen LogP contribution >= 0.6 is 0 Å². The van der Waals surface area contributed by atoms with Gasteiger partial charge in [0.1, 0.15) is 6.07 Å². The van der Waals surface area contributed by atoms with Crippen molar-refractivity contribution in [1.82, 2.24) is 9.83 Å². The highest BCUT2D eigenvalue weighted by Crippen LogP contribution is 2.37. The van der Waals surface area contributed by atoms with Gasteiger partial charge in [0.15, 0.2) is 5.69 Å². The number of amides is 1. The quantitative estimate of drug-likeness (QED) is 0.256. The highest BCUT2D eigenvalue weighted by atomic mass is 32.3. The first-order valence-electron chi connectivity index (χ1n) is 8.27. The van der Waals surface area contributed by atoms with Crippen LogP contribution in [0, 0.1) is 17.1 Å². The van der Waals surface area contributed by atoms with Gasteiger partial charge in [-0.25, -0.2) is 4.98 Å². The van der Waals surface area contributed by atoms with E-state index in [1.165, 1.54) is 6.07 Å². The fraction of sp³-hybridized carbons (Fsp3) is 0.333. The normalized spacial score (nSPS) is 15.6. The molecule has 2 aromatic rings. The monoisotopic (exact) mass is 466 g/mol. The van der Waals surface area contributed by atoms with E-state index in [1.54, 1.807) is 0 Å². The summed E-state index contributed by atoms with van der Waals surface area (Å²) in [5.41, 5.74) is -4.43. The van der Waals surface area contributed by atoms with Crippen LogP contribution in [0.2, 0.25) is 0 Å². The highest BCUT2D eigenvalue weighted by Gasteiger charge is 2.57. The summed E-state index contributed by atoms with van der Waals surface area (Å²) in [5.74, 6) is -3.76. The number of halogens is 4. The maximum absolute atomic E-state index is 14.1. The Hall–Kier alpha value is -3.45. The summed E-state index contributed by atoms with van der Waals surface area (Å²) >= 11 is 0. The zero-order valence-electron chi connectivity index (χ0n) is 15.1. The third kappa shape index (κ3) is 4.09. The Labute approximate surface area is 171 Å². The van der Waals surface area contributed by atoms with E-state index in [-0.39, 0.29) is 17.7 Å². The number of alkyl halides is 3. The van der Waals surface area contributed by atoms with E-state index in [0.717, 1.165) is 6.20 Å². The van der Waals surface area contributed by atoms with Crippen LogP contribution in [-0.4, -0.2) is 33.9 Å². The molecule has 0 radical (unpaired) electrons. The molecule has 1 aliphatic carbocycles. The summed E-state index contributed by atoms with van der Waals surface area (Å²) in [6.45, 7) is 0. The van der Waals surface area contributed by atoms with Crippen molar-refractivity contribution in [3.05, 3.63) is 35.5 Å². The van der Waals surface area contributed by atoms with Gasteiger partial charge in [-0.2, -0.15) is 31.2 Å². The molecule has 16 heteroatoms. The van der Waals surface area contributed by atoms with Gasteiger partial charge < -0.3 is 14.7 Å². The lowest BCUT2D eigenvalue weighted by Crippen LogP contribution is -2.69. The lowest BCUT2D eigenvalue weighted by atomic mass is 9.76. The van der Waals surface area contributed by atoms with E-state index in [9.17, 15) is 36.0 Å². The molecule has 2 aromatic heterocycles. The zero-order chi connectivity index (χ0) is 23.2. The largest absolute Gasteiger partial charge is 0.448 e. The fourth-order valence-electron chi connectivity index (χ4n) is 3.05. The molecule has 0 aliphatic heterocycles. The van der Waals surface area contributed by atoms with Gasteiger partial charge in [0.2, 0.25) is 6.20 Å². The molecule has 1 amide bonds. The molecule has 0 bridgehead atoms. The first-order chi connectivity index (χ1) is 14.3. The van der Waals surface area contributed by atoms with Gasteiger partial charge in [-0.3, -0.25) is 9.35 Å². The summed E-state index contributed by atoms with van der Waals surface area (Å²) in [6, 6.07) is 1.78. The molecule has 0 atom stereocenters. The van der Waals surface area contributed by atoms with Crippen LogP contribution in [0.5, 0.6) is 5.88 Å². The van der Waals surface area contributed by atoms with Crippen molar-refractivity contribution in [3.63, 3.8) is 0 Å². The molecule has 3 N–H and O–H groups in total. The number of aromatic nitrogens is 3. The number of nitriles is 1. The molecule has 0 spiro atoms. The molecule has 3 rings (SSSR count). The molecular weight excluding hydrogens is 454 g/mol. The van der Waals surface area contributed by atoms with Crippen LogP contribution in [0.25, 0.3) is 0 Å². The molecule has 0 unspecified atom stereocenters. The second-order valence-corrected chi connectivity index (χ2v) is 7.52. The third-order valence-corrected chi connectivity index (χ3v) is 4.98. The molecule has 166 valence electrons. The number of pyridine rings is 1. The van der Waals surface area contributed by atoms with Crippen LogP contribution in [0.3, 0.4) is 0 Å². The number of carbonyl (C=O) groups excluding carboxylic acids is 1. The Morgan fingerprint density at radius 3 is 2.55 bits per heavy atom. The van der Waals surface area contributed by atoms with Crippen molar-refractivity contribution >= 4 is 22.0 Å². The van der Waals surface area contributed by atoms with E-state index in [2.05, 4.69) is 14.5 Å². The first kappa shape index (κ1) is 22.2. The van der Waals surface area contributed by atoms with Gasteiger partial charge in [-0.1, -0.05) is 4.68 Å².